The van der Waals surface area contributed by atoms with Crippen molar-refractivity contribution < 1.29 is 22.5 Å². The molecule has 2 saturated heterocycles. The van der Waals surface area contributed by atoms with Gasteiger partial charge in [0.1, 0.15) is 17.4 Å². The van der Waals surface area contributed by atoms with E-state index >= 15 is 4.39 Å². The molecule has 7 nitrogen and oxygen atoms in total. The lowest BCUT2D eigenvalue weighted by molar-refractivity contribution is 0.0543. The maximum atomic E-state index is 15.3. The number of fused-ring (bicyclic) bond motifs is 3. The summed E-state index contributed by atoms with van der Waals surface area (Å²) in [5.74, 6) is -1.49. The molecule has 9 heteroatoms. The first-order valence-electron chi connectivity index (χ1n) is 11.8. The number of piperidine rings is 1. The Kier molecular flexibility index (Phi) is 5.16. The number of halogens is 2. The number of amides is 1. The van der Waals surface area contributed by atoms with Crippen molar-refractivity contribution in [3.8, 4) is 22.5 Å². The molecule has 4 heterocycles. The van der Waals surface area contributed by atoms with Gasteiger partial charge in [-0.3, -0.25) is 4.79 Å². The van der Waals surface area contributed by atoms with Gasteiger partial charge >= 0.3 is 0 Å². The number of hydrogen-bond donors (Lipinski definition) is 1. The number of carbonyl (C=O) groups excluding carboxylic acids is 1. The molecule has 4 aromatic rings. The molecule has 6 rings (SSSR count). The highest BCUT2D eigenvalue weighted by Crippen LogP contribution is 2.42. The fourth-order valence-corrected chi connectivity index (χ4v) is 5.61. The van der Waals surface area contributed by atoms with Crippen LogP contribution in [-0.4, -0.2) is 34.1 Å². The van der Waals surface area contributed by atoms with Gasteiger partial charge in [0.25, 0.3) is 5.91 Å². The smallest absolute Gasteiger partial charge is 0.290 e. The summed E-state index contributed by atoms with van der Waals surface area (Å²) in [7, 11) is 0. The molecule has 2 N–H and O–H groups in total. The molecule has 2 unspecified atom stereocenters. The number of nitrogens with two attached hydrogens (primary N) is 1. The van der Waals surface area contributed by atoms with Crippen LogP contribution in [0.25, 0.3) is 38.3 Å². The van der Waals surface area contributed by atoms with Gasteiger partial charge in [-0.25, -0.2) is 13.6 Å². The van der Waals surface area contributed by atoms with Crippen molar-refractivity contribution in [1.82, 2.24) is 10.1 Å². The summed E-state index contributed by atoms with van der Waals surface area (Å²) in [5.41, 5.74) is 7.69. The van der Waals surface area contributed by atoms with Gasteiger partial charge in [-0.2, -0.15) is 0 Å². The van der Waals surface area contributed by atoms with E-state index in [0.717, 1.165) is 25.7 Å². The van der Waals surface area contributed by atoms with Gasteiger partial charge in [-0.1, -0.05) is 17.3 Å². The third-order valence-electron chi connectivity index (χ3n) is 7.31. The molecular formula is C27H22F2N4O3. The number of rotatable bonds is 3. The fraction of sp³-hybridized carbons (Fsp3) is 0.296. The fourth-order valence-electron chi connectivity index (χ4n) is 5.61. The summed E-state index contributed by atoms with van der Waals surface area (Å²) >= 11 is 0. The van der Waals surface area contributed by atoms with E-state index in [-0.39, 0.29) is 46.8 Å². The number of benzene rings is 2. The Morgan fingerprint density at radius 1 is 1.11 bits per heavy atom. The van der Waals surface area contributed by atoms with Crippen LogP contribution in [0, 0.1) is 25.1 Å². The lowest BCUT2D eigenvalue weighted by Gasteiger charge is -2.37. The number of furan rings is 1. The minimum Gasteiger partial charge on any atom is -0.450 e. The highest BCUT2D eigenvalue weighted by Gasteiger charge is 2.43. The molecule has 1 amide bonds. The summed E-state index contributed by atoms with van der Waals surface area (Å²) in [4.78, 5) is 18.6. The van der Waals surface area contributed by atoms with E-state index in [4.69, 9.17) is 21.2 Å². The number of nitrogens with zero attached hydrogens (tertiary/aromatic N) is 3. The first kappa shape index (κ1) is 22.4. The summed E-state index contributed by atoms with van der Waals surface area (Å²) in [6.07, 6.45) is 3.21. The summed E-state index contributed by atoms with van der Waals surface area (Å²) in [6, 6.07) is 8.51. The number of hydrogen-bond acceptors (Lipinski definition) is 5. The number of aryl methyl sites for hydroxylation is 1. The summed E-state index contributed by atoms with van der Waals surface area (Å²) in [5, 5.41) is 4.41. The highest BCUT2D eigenvalue weighted by molar-refractivity contribution is 5.97. The quantitative estimate of drug-likeness (QED) is 0.358. The van der Waals surface area contributed by atoms with Crippen LogP contribution in [0.15, 0.2) is 45.3 Å². The van der Waals surface area contributed by atoms with Crippen molar-refractivity contribution in [1.29, 1.82) is 0 Å². The van der Waals surface area contributed by atoms with E-state index in [1.807, 2.05) is 4.90 Å². The number of aromatic nitrogens is 1. The Bertz CT molecular complexity index is 1550. The van der Waals surface area contributed by atoms with Crippen LogP contribution in [0.5, 0.6) is 0 Å². The zero-order valence-electron chi connectivity index (χ0n) is 19.4. The summed E-state index contributed by atoms with van der Waals surface area (Å²) in [6.45, 7) is 8.83. The monoisotopic (exact) mass is 488 g/mol. The third kappa shape index (κ3) is 3.48. The number of carbonyl (C=O) groups is 1. The minimum absolute atomic E-state index is 0.0314. The minimum atomic E-state index is -0.715. The van der Waals surface area contributed by atoms with E-state index in [1.54, 1.807) is 13.0 Å². The van der Waals surface area contributed by atoms with Crippen molar-refractivity contribution in [3.05, 3.63) is 70.9 Å². The van der Waals surface area contributed by atoms with Gasteiger partial charge in [0.15, 0.2) is 11.3 Å². The molecule has 0 radical (unpaired) electrons. The average Bonchev–Trinajstić information content (AvgIpc) is 3.53. The molecule has 2 atom stereocenters. The van der Waals surface area contributed by atoms with Crippen molar-refractivity contribution in [2.75, 3.05) is 0 Å². The van der Waals surface area contributed by atoms with Gasteiger partial charge in [0.05, 0.1) is 17.8 Å². The third-order valence-corrected chi connectivity index (χ3v) is 7.31. The molecule has 2 aliphatic heterocycles. The topological polar surface area (TPSA) is 89.9 Å². The second-order valence-corrected chi connectivity index (χ2v) is 9.56. The first-order chi connectivity index (χ1) is 17.3. The summed E-state index contributed by atoms with van der Waals surface area (Å²) < 4.78 is 41.2. The Morgan fingerprint density at radius 3 is 2.56 bits per heavy atom. The van der Waals surface area contributed by atoms with Gasteiger partial charge in [-0.15, -0.1) is 0 Å². The standard InChI is InChI=1S/C27H22F2N4O3/c1-13-18-10-21(28)20(12-24(18)36-32-13)26-19(14-3-6-23(31-2)22(29)7-14)11-25(35-26)27(34)33-16-4-5-17(33)9-15(30)8-16/h3,6-7,10-12,15-17H,4-5,8-9,30H2,1H3. The first-order valence-corrected chi connectivity index (χ1v) is 11.8. The molecule has 2 aromatic heterocycles. The molecule has 0 saturated carbocycles. The predicted octanol–water partition coefficient (Wildman–Crippen LogP) is 5.99. The maximum absolute atomic E-state index is 15.3. The molecule has 182 valence electrons. The van der Waals surface area contributed by atoms with Crippen molar-refractivity contribution in [2.24, 2.45) is 5.73 Å². The SMILES string of the molecule is [C-]#[N+]c1ccc(-c2cc(C(=O)N3C4CCC3CC(N)C4)oc2-c2cc3onc(C)c3cc2F)cc1F. The van der Waals surface area contributed by atoms with Crippen LogP contribution in [0.3, 0.4) is 0 Å². The molecule has 0 aliphatic carbocycles. The van der Waals surface area contributed by atoms with Crippen molar-refractivity contribution in [2.45, 2.75) is 50.7 Å². The van der Waals surface area contributed by atoms with E-state index in [2.05, 4.69) is 10.0 Å². The zero-order valence-corrected chi connectivity index (χ0v) is 19.4. The van der Waals surface area contributed by atoms with Gasteiger partial charge in [0, 0.05) is 29.1 Å². The lowest BCUT2D eigenvalue weighted by Crippen LogP contribution is -2.50. The largest absolute Gasteiger partial charge is 0.450 e. The molecule has 2 aromatic carbocycles. The zero-order chi connectivity index (χ0) is 25.1. The van der Waals surface area contributed by atoms with Gasteiger partial charge < -0.3 is 19.6 Å². The Hall–Kier alpha value is -4.03. The van der Waals surface area contributed by atoms with E-state index < -0.39 is 11.6 Å². The highest BCUT2D eigenvalue weighted by atomic mass is 19.1. The lowest BCUT2D eigenvalue weighted by atomic mass is 9.97. The average molecular weight is 488 g/mol. The molecule has 0 spiro atoms. The molecule has 2 fully saturated rings. The van der Waals surface area contributed by atoms with Crippen LogP contribution in [-0.2, 0) is 0 Å². The van der Waals surface area contributed by atoms with Crippen LogP contribution in [0.2, 0.25) is 0 Å². The molecule has 2 bridgehead atoms. The van der Waals surface area contributed by atoms with Crippen LogP contribution in [0.4, 0.5) is 14.5 Å². The van der Waals surface area contributed by atoms with E-state index in [0.29, 0.717) is 27.8 Å². The second-order valence-electron chi connectivity index (χ2n) is 9.56. The van der Waals surface area contributed by atoms with Crippen molar-refractivity contribution in [3.63, 3.8) is 0 Å². The molecule has 2 aliphatic rings. The van der Waals surface area contributed by atoms with E-state index in [1.165, 1.54) is 30.3 Å². The second kappa shape index (κ2) is 8.28. The van der Waals surface area contributed by atoms with Crippen LogP contribution in [0.1, 0.15) is 41.9 Å². The van der Waals surface area contributed by atoms with Crippen LogP contribution < -0.4 is 5.73 Å². The molecular weight excluding hydrogens is 466 g/mol. The molecule has 36 heavy (non-hydrogen) atoms. The predicted molar refractivity (Wildman–Crippen MR) is 128 cm³/mol. The van der Waals surface area contributed by atoms with Gasteiger partial charge in [0.2, 0.25) is 5.69 Å². The normalized spacial score (nSPS) is 21.2. The maximum Gasteiger partial charge on any atom is 0.290 e. The van der Waals surface area contributed by atoms with Crippen molar-refractivity contribution >= 4 is 22.6 Å². The Morgan fingerprint density at radius 2 is 1.86 bits per heavy atom. The Balaban J connectivity index is 1.50. The van der Waals surface area contributed by atoms with E-state index in [9.17, 15) is 9.18 Å². The van der Waals surface area contributed by atoms with Gasteiger partial charge in [-0.05, 0) is 62.4 Å². The van der Waals surface area contributed by atoms with Crippen LogP contribution >= 0.6 is 0 Å². The Labute approximate surface area is 205 Å².